The second kappa shape index (κ2) is 10.7. The number of carbonyl (C=O) groups excluding carboxylic acids is 3. The summed E-state index contributed by atoms with van der Waals surface area (Å²) in [7, 11) is 1.30. The van der Waals surface area contributed by atoms with Gasteiger partial charge >= 0.3 is 12.1 Å². The zero-order valence-corrected chi connectivity index (χ0v) is 20.5. The summed E-state index contributed by atoms with van der Waals surface area (Å²) in [6.07, 6.45) is -4.66. The normalized spacial score (nSPS) is 14.2. The summed E-state index contributed by atoms with van der Waals surface area (Å²) in [4.78, 5) is 48.0. The number of benzene rings is 1. The summed E-state index contributed by atoms with van der Waals surface area (Å²) < 4.78 is 55.5. The van der Waals surface area contributed by atoms with Gasteiger partial charge in [-0.05, 0) is 31.2 Å². The molecule has 3 heterocycles. The molecule has 2 N–H and O–H groups in total. The van der Waals surface area contributed by atoms with Crippen LogP contribution in [0.4, 0.5) is 13.2 Å². The average Bonchev–Trinajstić information content (AvgIpc) is 3.32. The molecule has 1 saturated heterocycles. The molecule has 11 nitrogen and oxygen atoms in total. The number of pyridine rings is 1. The molecule has 0 atom stereocenters. The zero-order valence-electron chi connectivity index (χ0n) is 20.5. The molecule has 0 saturated carbocycles. The standard InChI is InChI=1S/C24H24F3N5O6/c1-3-37-19(34)12-31-8-9-32(11-18(31)33)23(35)21-16(10-28)38-22(30-21)14-4-6-15(36-2)20-13(14)5-7-17(29-20)24(25,26)27/h4-7H,3,8-12,28H2,1-2H3. The second-order valence-electron chi connectivity index (χ2n) is 8.25. The van der Waals surface area contributed by atoms with Crippen LogP contribution >= 0.6 is 0 Å². The lowest BCUT2D eigenvalue weighted by molar-refractivity contribution is -0.150. The third-order valence-corrected chi connectivity index (χ3v) is 5.88. The topological polar surface area (TPSA) is 141 Å². The van der Waals surface area contributed by atoms with E-state index >= 15 is 0 Å². The second-order valence-corrected chi connectivity index (χ2v) is 8.25. The van der Waals surface area contributed by atoms with Crippen molar-refractivity contribution < 1.29 is 41.4 Å². The Kier molecular flexibility index (Phi) is 7.53. The minimum Gasteiger partial charge on any atom is -0.494 e. The first-order valence-corrected chi connectivity index (χ1v) is 11.5. The Labute approximate surface area is 214 Å². The Morgan fingerprint density at radius 3 is 2.55 bits per heavy atom. The van der Waals surface area contributed by atoms with Crippen LogP contribution < -0.4 is 10.5 Å². The molecule has 1 fully saturated rings. The number of fused-ring (bicyclic) bond motifs is 1. The van der Waals surface area contributed by atoms with Crippen molar-refractivity contribution in [3.05, 3.63) is 41.4 Å². The number of amides is 2. The highest BCUT2D eigenvalue weighted by molar-refractivity contribution is 5.99. The third kappa shape index (κ3) is 5.25. The van der Waals surface area contributed by atoms with E-state index in [-0.39, 0.29) is 78.9 Å². The van der Waals surface area contributed by atoms with E-state index < -0.39 is 29.7 Å². The molecule has 0 radical (unpaired) electrons. The number of halogens is 3. The minimum absolute atomic E-state index is 0.0373. The lowest BCUT2D eigenvalue weighted by atomic mass is 10.1. The number of alkyl halides is 3. The first kappa shape index (κ1) is 26.9. The number of oxazole rings is 1. The molecule has 0 spiro atoms. The summed E-state index contributed by atoms with van der Waals surface area (Å²) >= 11 is 0. The van der Waals surface area contributed by atoms with Crippen LogP contribution in [0.15, 0.2) is 28.7 Å². The van der Waals surface area contributed by atoms with Gasteiger partial charge in [0, 0.05) is 24.0 Å². The summed E-state index contributed by atoms with van der Waals surface area (Å²) in [5.41, 5.74) is 4.76. The maximum absolute atomic E-state index is 13.3. The van der Waals surface area contributed by atoms with Crippen LogP contribution in [0.3, 0.4) is 0 Å². The van der Waals surface area contributed by atoms with Crippen LogP contribution in [-0.2, 0) is 27.0 Å². The van der Waals surface area contributed by atoms with Crippen LogP contribution in [0, 0.1) is 0 Å². The third-order valence-electron chi connectivity index (χ3n) is 5.88. The lowest BCUT2D eigenvalue weighted by Gasteiger charge is -2.33. The van der Waals surface area contributed by atoms with Crippen LogP contribution in [0.2, 0.25) is 0 Å². The number of nitrogens with two attached hydrogens (primary N) is 1. The van der Waals surface area contributed by atoms with Crippen molar-refractivity contribution in [2.24, 2.45) is 5.73 Å². The van der Waals surface area contributed by atoms with Gasteiger partial charge in [0.25, 0.3) is 5.91 Å². The fraction of sp³-hybridized carbons (Fsp3) is 0.375. The van der Waals surface area contributed by atoms with Gasteiger partial charge < -0.3 is 29.4 Å². The van der Waals surface area contributed by atoms with E-state index in [0.29, 0.717) is 0 Å². The predicted octanol–water partition coefficient (Wildman–Crippen LogP) is 2.22. The Morgan fingerprint density at radius 1 is 1.16 bits per heavy atom. The van der Waals surface area contributed by atoms with Crippen molar-refractivity contribution >= 4 is 28.7 Å². The number of esters is 1. The molecule has 0 bridgehead atoms. The van der Waals surface area contributed by atoms with Crippen molar-refractivity contribution in [3.8, 4) is 17.2 Å². The van der Waals surface area contributed by atoms with Gasteiger partial charge in [0.2, 0.25) is 11.8 Å². The SMILES string of the molecule is CCOC(=O)CN1CCN(C(=O)c2nc(-c3ccc(OC)c4nc(C(F)(F)F)ccc34)oc2CN)CC1=O. The molecule has 2 aromatic heterocycles. The minimum atomic E-state index is -4.66. The van der Waals surface area contributed by atoms with Crippen molar-refractivity contribution in [2.45, 2.75) is 19.6 Å². The molecule has 1 aromatic carbocycles. The number of hydrogen-bond acceptors (Lipinski definition) is 9. The first-order valence-electron chi connectivity index (χ1n) is 11.5. The summed E-state index contributed by atoms with van der Waals surface area (Å²) in [5.74, 6) is -1.51. The number of ether oxygens (including phenoxy) is 2. The first-order chi connectivity index (χ1) is 18.1. The van der Waals surface area contributed by atoms with Crippen molar-refractivity contribution in [2.75, 3.05) is 39.9 Å². The number of piperazine rings is 1. The van der Waals surface area contributed by atoms with E-state index in [9.17, 15) is 27.6 Å². The Morgan fingerprint density at radius 2 is 1.92 bits per heavy atom. The Bertz CT molecular complexity index is 1390. The molecule has 3 aromatic rings. The molecule has 0 aliphatic carbocycles. The highest BCUT2D eigenvalue weighted by atomic mass is 19.4. The number of hydrogen-bond donors (Lipinski definition) is 1. The Hall–Kier alpha value is -4.20. The molecule has 4 rings (SSSR count). The predicted molar refractivity (Wildman–Crippen MR) is 126 cm³/mol. The molecule has 2 amide bonds. The van der Waals surface area contributed by atoms with Gasteiger partial charge in [0.1, 0.15) is 30.0 Å². The van der Waals surface area contributed by atoms with Gasteiger partial charge in [-0.2, -0.15) is 13.2 Å². The fourth-order valence-electron chi connectivity index (χ4n) is 4.03. The fourth-order valence-corrected chi connectivity index (χ4v) is 4.03. The molecule has 38 heavy (non-hydrogen) atoms. The van der Waals surface area contributed by atoms with E-state index in [0.717, 1.165) is 6.07 Å². The van der Waals surface area contributed by atoms with Crippen LogP contribution in [-0.4, -0.2) is 77.4 Å². The average molecular weight is 535 g/mol. The molecular formula is C24H24F3N5O6. The van der Waals surface area contributed by atoms with E-state index in [1.54, 1.807) is 6.92 Å². The molecule has 1 aliphatic rings. The van der Waals surface area contributed by atoms with Gasteiger partial charge in [0.15, 0.2) is 11.5 Å². The smallest absolute Gasteiger partial charge is 0.433 e. The van der Waals surface area contributed by atoms with E-state index in [1.165, 1.54) is 35.1 Å². The summed E-state index contributed by atoms with van der Waals surface area (Å²) in [5, 5.41) is 0.254. The van der Waals surface area contributed by atoms with Gasteiger partial charge in [-0.15, -0.1) is 0 Å². The van der Waals surface area contributed by atoms with Crippen molar-refractivity contribution in [1.29, 1.82) is 0 Å². The number of nitrogens with zero attached hydrogens (tertiary/aromatic N) is 4. The maximum Gasteiger partial charge on any atom is 0.433 e. The molecule has 0 unspecified atom stereocenters. The van der Waals surface area contributed by atoms with Gasteiger partial charge in [-0.1, -0.05) is 0 Å². The number of carbonyl (C=O) groups is 3. The van der Waals surface area contributed by atoms with Gasteiger partial charge in [-0.3, -0.25) is 14.4 Å². The number of aromatic nitrogens is 2. The van der Waals surface area contributed by atoms with E-state index in [2.05, 4.69) is 9.97 Å². The maximum atomic E-state index is 13.3. The largest absolute Gasteiger partial charge is 0.494 e. The highest BCUT2D eigenvalue weighted by Crippen LogP contribution is 2.37. The number of rotatable bonds is 7. The molecular weight excluding hydrogens is 511 g/mol. The summed E-state index contributed by atoms with van der Waals surface area (Å²) in [6, 6.07) is 4.98. The lowest BCUT2D eigenvalue weighted by Crippen LogP contribution is -2.53. The highest BCUT2D eigenvalue weighted by Gasteiger charge is 2.34. The van der Waals surface area contributed by atoms with Gasteiger partial charge in [0.05, 0.1) is 20.3 Å². The van der Waals surface area contributed by atoms with Crippen molar-refractivity contribution in [1.82, 2.24) is 19.8 Å². The van der Waals surface area contributed by atoms with E-state index in [1.807, 2.05) is 0 Å². The number of methoxy groups -OCH3 is 1. The monoisotopic (exact) mass is 535 g/mol. The zero-order chi connectivity index (χ0) is 27.6. The van der Waals surface area contributed by atoms with Crippen LogP contribution in [0.5, 0.6) is 5.75 Å². The molecule has 1 aliphatic heterocycles. The van der Waals surface area contributed by atoms with E-state index in [4.69, 9.17) is 19.6 Å². The van der Waals surface area contributed by atoms with Crippen molar-refractivity contribution in [3.63, 3.8) is 0 Å². The molecule has 202 valence electrons. The summed E-state index contributed by atoms with van der Waals surface area (Å²) in [6.45, 7) is 1.38. The van der Waals surface area contributed by atoms with Crippen LogP contribution in [0.1, 0.15) is 28.9 Å². The quantitative estimate of drug-likeness (QED) is 0.451. The Balaban J connectivity index is 1.64. The molecule has 14 heteroatoms. The van der Waals surface area contributed by atoms with Gasteiger partial charge in [-0.25, -0.2) is 9.97 Å². The van der Waals surface area contributed by atoms with Crippen LogP contribution in [0.25, 0.3) is 22.4 Å².